The quantitative estimate of drug-likeness (QED) is 0.749. The highest BCUT2D eigenvalue weighted by Crippen LogP contribution is 2.18. The molecule has 2 aromatic heterocycles. The van der Waals surface area contributed by atoms with Crippen LogP contribution in [0.15, 0.2) is 22.9 Å². The van der Waals surface area contributed by atoms with Gasteiger partial charge in [0, 0.05) is 23.6 Å². The average Bonchev–Trinajstić information content (AvgIpc) is 2.75. The summed E-state index contributed by atoms with van der Waals surface area (Å²) < 4.78 is 0. The summed E-state index contributed by atoms with van der Waals surface area (Å²) in [5.74, 6) is 0.0404. The van der Waals surface area contributed by atoms with Gasteiger partial charge in [0.25, 0.3) is 0 Å². The molecule has 0 aliphatic rings. The Morgan fingerprint density at radius 1 is 1.50 bits per heavy atom. The molecule has 0 aliphatic carbocycles. The van der Waals surface area contributed by atoms with Gasteiger partial charge in [0.1, 0.15) is 5.69 Å². The maximum Gasteiger partial charge on any atom is 0.178 e. The molecule has 2 heterocycles. The monoisotopic (exact) mass is 223 g/mol. The third kappa shape index (κ3) is 2.08. The van der Waals surface area contributed by atoms with Crippen molar-refractivity contribution in [2.45, 2.75) is 13.3 Å². The summed E-state index contributed by atoms with van der Waals surface area (Å²) in [5.41, 5.74) is 0.585. The van der Waals surface area contributed by atoms with Crippen LogP contribution >= 0.6 is 22.7 Å². The van der Waals surface area contributed by atoms with Crippen LogP contribution in [0.5, 0.6) is 0 Å². The predicted molar refractivity (Wildman–Crippen MR) is 59.2 cm³/mol. The number of thiazole rings is 1. The van der Waals surface area contributed by atoms with Crippen LogP contribution in [0.3, 0.4) is 0 Å². The van der Waals surface area contributed by atoms with Crippen LogP contribution in [0.25, 0.3) is 0 Å². The van der Waals surface area contributed by atoms with E-state index >= 15 is 0 Å². The number of Topliss-reactive ketones (excluding diaryl/α,β-unsaturated/α-hetero) is 1. The van der Waals surface area contributed by atoms with E-state index in [1.54, 1.807) is 29.6 Å². The van der Waals surface area contributed by atoms with E-state index in [-0.39, 0.29) is 5.78 Å². The first-order chi connectivity index (χ1) is 6.75. The van der Waals surface area contributed by atoms with Gasteiger partial charge >= 0.3 is 0 Å². The number of hydrogen-bond acceptors (Lipinski definition) is 4. The van der Waals surface area contributed by atoms with Gasteiger partial charge in [0.2, 0.25) is 0 Å². The first kappa shape index (κ1) is 9.55. The van der Waals surface area contributed by atoms with Crippen LogP contribution < -0.4 is 0 Å². The number of aromatic nitrogens is 1. The Morgan fingerprint density at radius 2 is 2.36 bits per heavy atom. The summed E-state index contributed by atoms with van der Waals surface area (Å²) >= 11 is 3.27. The fourth-order valence-corrected chi connectivity index (χ4v) is 2.77. The molecule has 4 heteroatoms. The molecule has 72 valence electrons. The van der Waals surface area contributed by atoms with E-state index in [0.717, 1.165) is 11.4 Å². The SMILES string of the molecule is CC(=O)c1csc(Cc2cccs2)n1. The molecule has 0 radical (unpaired) electrons. The van der Waals surface area contributed by atoms with Crippen molar-refractivity contribution >= 4 is 28.5 Å². The predicted octanol–water partition coefficient (Wildman–Crippen LogP) is 3.00. The normalized spacial score (nSPS) is 10.4. The molecular weight excluding hydrogens is 214 g/mol. The lowest BCUT2D eigenvalue weighted by Gasteiger charge is -1.90. The first-order valence-corrected chi connectivity index (χ1v) is 5.99. The van der Waals surface area contributed by atoms with Crippen molar-refractivity contribution < 1.29 is 4.79 Å². The number of rotatable bonds is 3. The lowest BCUT2D eigenvalue weighted by molar-refractivity contribution is 0.101. The summed E-state index contributed by atoms with van der Waals surface area (Å²) in [6, 6.07) is 4.11. The highest BCUT2D eigenvalue weighted by molar-refractivity contribution is 7.11. The van der Waals surface area contributed by atoms with Crippen molar-refractivity contribution in [3.05, 3.63) is 38.5 Å². The molecule has 0 fully saturated rings. The molecule has 0 saturated heterocycles. The van der Waals surface area contributed by atoms with E-state index in [1.165, 1.54) is 4.88 Å². The van der Waals surface area contributed by atoms with Gasteiger partial charge in [0.05, 0.1) is 5.01 Å². The van der Waals surface area contributed by atoms with Gasteiger partial charge in [-0.15, -0.1) is 22.7 Å². The van der Waals surface area contributed by atoms with E-state index in [0.29, 0.717) is 5.69 Å². The van der Waals surface area contributed by atoms with Gasteiger partial charge in [-0.25, -0.2) is 4.98 Å². The average molecular weight is 223 g/mol. The van der Waals surface area contributed by atoms with Crippen LogP contribution in [0.4, 0.5) is 0 Å². The Morgan fingerprint density at radius 3 is 2.93 bits per heavy atom. The molecule has 0 saturated carbocycles. The van der Waals surface area contributed by atoms with Crippen molar-refractivity contribution in [1.82, 2.24) is 4.98 Å². The maximum atomic E-state index is 11.0. The van der Waals surface area contributed by atoms with Gasteiger partial charge < -0.3 is 0 Å². The molecule has 0 atom stereocenters. The minimum atomic E-state index is 0.0404. The molecule has 0 amide bonds. The van der Waals surface area contributed by atoms with Crippen LogP contribution in [0.2, 0.25) is 0 Å². The Labute approximate surface area is 90.2 Å². The van der Waals surface area contributed by atoms with Gasteiger partial charge in [-0.1, -0.05) is 6.07 Å². The minimum Gasteiger partial charge on any atom is -0.293 e. The Hall–Kier alpha value is -1.00. The van der Waals surface area contributed by atoms with Gasteiger partial charge in [-0.3, -0.25) is 4.79 Å². The molecule has 2 nitrogen and oxygen atoms in total. The van der Waals surface area contributed by atoms with Crippen molar-refractivity contribution in [2.24, 2.45) is 0 Å². The van der Waals surface area contributed by atoms with Crippen molar-refractivity contribution in [2.75, 3.05) is 0 Å². The third-order valence-electron chi connectivity index (χ3n) is 1.82. The van der Waals surface area contributed by atoms with E-state index < -0.39 is 0 Å². The summed E-state index contributed by atoms with van der Waals surface area (Å²) in [6.45, 7) is 1.55. The van der Waals surface area contributed by atoms with E-state index in [1.807, 2.05) is 11.4 Å². The van der Waals surface area contributed by atoms with Crippen LogP contribution in [-0.2, 0) is 6.42 Å². The van der Waals surface area contributed by atoms with Crippen molar-refractivity contribution in [3.8, 4) is 0 Å². The fraction of sp³-hybridized carbons (Fsp3) is 0.200. The summed E-state index contributed by atoms with van der Waals surface area (Å²) in [6.07, 6.45) is 0.843. The minimum absolute atomic E-state index is 0.0404. The highest BCUT2D eigenvalue weighted by atomic mass is 32.1. The second-order valence-corrected chi connectivity index (χ2v) is 4.91. The largest absolute Gasteiger partial charge is 0.293 e. The highest BCUT2D eigenvalue weighted by Gasteiger charge is 2.06. The van der Waals surface area contributed by atoms with Crippen LogP contribution in [-0.4, -0.2) is 10.8 Å². The lowest BCUT2D eigenvalue weighted by Crippen LogP contribution is -1.92. The number of carbonyl (C=O) groups is 1. The van der Waals surface area contributed by atoms with Gasteiger partial charge in [-0.05, 0) is 11.4 Å². The van der Waals surface area contributed by atoms with E-state index in [4.69, 9.17) is 0 Å². The zero-order chi connectivity index (χ0) is 9.97. The van der Waals surface area contributed by atoms with Gasteiger partial charge in [-0.2, -0.15) is 0 Å². The lowest BCUT2D eigenvalue weighted by atomic mass is 10.3. The second kappa shape index (κ2) is 4.02. The Kier molecular flexibility index (Phi) is 2.74. The molecule has 2 aromatic rings. The topological polar surface area (TPSA) is 30.0 Å². The molecule has 0 aromatic carbocycles. The standard InChI is InChI=1S/C10H9NOS2/c1-7(12)9-6-14-10(11-9)5-8-3-2-4-13-8/h2-4,6H,5H2,1H3. The number of carbonyl (C=O) groups excluding carboxylic acids is 1. The van der Waals surface area contributed by atoms with Crippen molar-refractivity contribution in [1.29, 1.82) is 0 Å². The van der Waals surface area contributed by atoms with Crippen molar-refractivity contribution in [3.63, 3.8) is 0 Å². The summed E-state index contributed by atoms with van der Waals surface area (Å²) in [7, 11) is 0. The number of ketones is 1. The Balaban J connectivity index is 2.14. The van der Waals surface area contributed by atoms with Gasteiger partial charge in [0.15, 0.2) is 5.78 Å². The van der Waals surface area contributed by atoms with E-state index in [2.05, 4.69) is 16.4 Å². The summed E-state index contributed by atoms with van der Waals surface area (Å²) in [5, 5.41) is 4.89. The fourth-order valence-electron chi connectivity index (χ4n) is 1.12. The van der Waals surface area contributed by atoms with Crippen LogP contribution in [0.1, 0.15) is 27.3 Å². The first-order valence-electron chi connectivity index (χ1n) is 4.23. The second-order valence-electron chi connectivity index (χ2n) is 2.94. The molecule has 14 heavy (non-hydrogen) atoms. The maximum absolute atomic E-state index is 11.0. The molecule has 0 unspecified atom stereocenters. The Bertz CT molecular complexity index is 431. The van der Waals surface area contributed by atoms with E-state index in [9.17, 15) is 4.79 Å². The third-order valence-corrected chi connectivity index (χ3v) is 3.54. The number of nitrogens with zero attached hydrogens (tertiary/aromatic N) is 1. The molecule has 0 N–H and O–H groups in total. The zero-order valence-corrected chi connectivity index (χ0v) is 9.32. The molecule has 0 bridgehead atoms. The molecule has 0 spiro atoms. The smallest absolute Gasteiger partial charge is 0.178 e. The molecular formula is C10H9NOS2. The zero-order valence-electron chi connectivity index (χ0n) is 7.69. The molecule has 2 rings (SSSR count). The number of hydrogen-bond donors (Lipinski definition) is 0. The molecule has 0 aliphatic heterocycles. The summed E-state index contributed by atoms with van der Waals surface area (Å²) in [4.78, 5) is 16.6. The van der Waals surface area contributed by atoms with Crippen LogP contribution in [0, 0.1) is 0 Å². The number of thiophene rings is 1.